The third-order valence-electron chi connectivity index (χ3n) is 2.44. The van der Waals surface area contributed by atoms with Crippen LogP contribution in [0.2, 0.25) is 0 Å². The minimum Gasteiger partial charge on any atom is -0.233 e. The van der Waals surface area contributed by atoms with Crippen LogP contribution >= 0.6 is 15.9 Å². The summed E-state index contributed by atoms with van der Waals surface area (Å²) in [4.78, 5) is 8.65. The van der Waals surface area contributed by atoms with Crippen LogP contribution in [0.15, 0.2) is 34.9 Å². The zero-order valence-electron chi connectivity index (χ0n) is 9.37. The van der Waals surface area contributed by atoms with Gasteiger partial charge >= 0.3 is 0 Å². The Balaban J connectivity index is 2.49. The summed E-state index contributed by atoms with van der Waals surface area (Å²) in [6, 6.07) is 10.4. The molecule has 2 aromatic rings. The molecule has 1 aromatic carbocycles. The summed E-state index contributed by atoms with van der Waals surface area (Å²) in [6.07, 6.45) is 1.04. The van der Waals surface area contributed by atoms with E-state index in [0.717, 1.165) is 28.1 Å². The number of rotatable bonds is 2. The van der Waals surface area contributed by atoms with Crippen molar-refractivity contribution in [1.82, 2.24) is 9.97 Å². The number of nitrogens with zero attached hydrogens (tertiary/aromatic N) is 2. The maximum atomic E-state index is 4.44. The van der Waals surface area contributed by atoms with E-state index in [1.807, 2.05) is 13.0 Å². The molecule has 2 rings (SSSR count). The Morgan fingerprint density at radius 3 is 2.69 bits per heavy atom. The van der Waals surface area contributed by atoms with Crippen LogP contribution in [0.5, 0.6) is 0 Å². The third-order valence-corrected chi connectivity index (χ3v) is 2.84. The fraction of sp³-hybridized carbons (Fsp3) is 0.231. The average Bonchev–Trinajstić information content (AvgIpc) is 2.28. The predicted molar refractivity (Wildman–Crippen MR) is 69.3 cm³/mol. The molecule has 0 radical (unpaired) electrons. The number of aromatic nitrogens is 2. The molecule has 0 amide bonds. The molecule has 0 aliphatic heterocycles. The van der Waals surface area contributed by atoms with Crippen LogP contribution in [-0.2, 0) is 6.42 Å². The molecule has 0 fully saturated rings. The van der Waals surface area contributed by atoms with E-state index in [4.69, 9.17) is 0 Å². The minimum atomic E-state index is 0.784. The summed E-state index contributed by atoms with van der Waals surface area (Å²) >= 11 is 3.39. The molecule has 0 saturated heterocycles. The highest BCUT2D eigenvalue weighted by molar-refractivity contribution is 9.10. The SMILES string of the molecule is CCc1cccc(-c2cc(Br)nc(C)n2)c1. The van der Waals surface area contributed by atoms with Gasteiger partial charge in [-0.25, -0.2) is 9.97 Å². The van der Waals surface area contributed by atoms with Gasteiger partial charge in [0, 0.05) is 5.56 Å². The van der Waals surface area contributed by atoms with E-state index in [2.05, 4.69) is 57.1 Å². The third kappa shape index (κ3) is 2.47. The Hall–Kier alpha value is -1.22. The first-order valence-electron chi connectivity index (χ1n) is 5.29. The Kier molecular flexibility index (Phi) is 3.34. The molecule has 1 heterocycles. The molecule has 0 aliphatic rings. The van der Waals surface area contributed by atoms with Crippen LogP contribution in [-0.4, -0.2) is 9.97 Å². The van der Waals surface area contributed by atoms with E-state index >= 15 is 0 Å². The molecule has 1 aromatic heterocycles. The molecular weight excluding hydrogens is 264 g/mol. The summed E-state index contributed by atoms with van der Waals surface area (Å²) in [6.45, 7) is 4.05. The summed E-state index contributed by atoms with van der Waals surface area (Å²) in [5, 5.41) is 0. The highest BCUT2D eigenvalue weighted by atomic mass is 79.9. The standard InChI is InChI=1S/C13H13BrN2/c1-3-10-5-4-6-11(7-10)12-8-13(14)16-9(2)15-12/h4-8H,3H2,1-2H3. The number of hydrogen-bond donors (Lipinski definition) is 0. The molecule has 3 heteroatoms. The van der Waals surface area contributed by atoms with E-state index in [0.29, 0.717) is 0 Å². The van der Waals surface area contributed by atoms with Gasteiger partial charge in [0.05, 0.1) is 5.69 Å². The summed E-state index contributed by atoms with van der Waals surface area (Å²) in [7, 11) is 0. The Bertz CT molecular complexity index is 489. The summed E-state index contributed by atoms with van der Waals surface area (Å²) in [5.41, 5.74) is 3.44. The van der Waals surface area contributed by atoms with Gasteiger partial charge in [-0.2, -0.15) is 0 Å². The Labute approximate surface area is 104 Å². The first-order valence-corrected chi connectivity index (χ1v) is 6.09. The van der Waals surface area contributed by atoms with Gasteiger partial charge in [-0.05, 0) is 47.0 Å². The second-order valence-corrected chi connectivity index (χ2v) is 4.49. The van der Waals surface area contributed by atoms with Crippen molar-refractivity contribution in [3.05, 3.63) is 46.3 Å². The molecule has 0 bridgehead atoms. The van der Waals surface area contributed by atoms with Crippen molar-refractivity contribution in [2.24, 2.45) is 0 Å². The van der Waals surface area contributed by atoms with Crippen molar-refractivity contribution in [1.29, 1.82) is 0 Å². The van der Waals surface area contributed by atoms with Crippen LogP contribution in [0.3, 0.4) is 0 Å². The van der Waals surface area contributed by atoms with Gasteiger partial charge in [-0.15, -0.1) is 0 Å². The topological polar surface area (TPSA) is 25.8 Å². The van der Waals surface area contributed by atoms with Gasteiger partial charge < -0.3 is 0 Å². The fourth-order valence-corrected chi connectivity index (χ4v) is 2.10. The molecule has 2 nitrogen and oxygen atoms in total. The van der Waals surface area contributed by atoms with Crippen LogP contribution in [0.1, 0.15) is 18.3 Å². The minimum absolute atomic E-state index is 0.784. The van der Waals surface area contributed by atoms with Crippen LogP contribution in [0.4, 0.5) is 0 Å². The van der Waals surface area contributed by atoms with Gasteiger partial charge in [0.25, 0.3) is 0 Å². The van der Waals surface area contributed by atoms with Crippen LogP contribution in [0, 0.1) is 6.92 Å². The lowest BCUT2D eigenvalue weighted by Gasteiger charge is -2.04. The summed E-state index contributed by atoms with van der Waals surface area (Å²) in [5.74, 6) is 0.784. The van der Waals surface area contributed by atoms with E-state index in [1.165, 1.54) is 5.56 Å². The Morgan fingerprint density at radius 1 is 1.19 bits per heavy atom. The lowest BCUT2D eigenvalue weighted by atomic mass is 10.1. The van der Waals surface area contributed by atoms with Gasteiger partial charge in [0.1, 0.15) is 10.4 Å². The maximum absolute atomic E-state index is 4.44. The van der Waals surface area contributed by atoms with E-state index in [1.54, 1.807) is 0 Å². The largest absolute Gasteiger partial charge is 0.233 e. The van der Waals surface area contributed by atoms with Crippen molar-refractivity contribution in [2.75, 3.05) is 0 Å². The fourth-order valence-electron chi connectivity index (χ4n) is 1.63. The van der Waals surface area contributed by atoms with E-state index in [-0.39, 0.29) is 0 Å². The van der Waals surface area contributed by atoms with Gasteiger partial charge in [0.2, 0.25) is 0 Å². The van der Waals surface area contributed by atoms with Gasteiger partial charge in [0.15, 0.2) is 0 Å². The van der Waals surface area contributed by atoms with E-state index < -0.39 is 0 Å². The second kappa shape index (κ2) is 4.74. The lowest BCUT2D eigenvalue weighted by molar-refractivity contribution is 1.04. The molecule has 0 N–H and O–H groups in total. The average molecular weight is 277 g/mol. The van der Waals surface area contributed by atoms with Crippen molar-refractivity contribution in [3.63, 3.8) is 0 Å². The van der Waals surface area contributed by atoms with Crippen molar-refractivity contribution in [2.45, 2.75) is 20.3 Å². The number of aryl methyl sites for hydroxylation is 2. The Morgan fingerprint density at radius 2 is 2.00 bits per heavy atom. The molecule has 0 unspecified atom stereocenters. The maximum Gasteiger partial charge on any atom is 0.127 e. The molecular formula is C13H13BrN2. The second-order valence-electron chi connectivity index (χ2n) is 3.68. The smallest absolute Gasteiger partial charge is 0.127 e. The molecule has 82 valence electrons. The van der Waals surface area contributed by atoms with Crippen LogP contribution < -0.4 is 0 Å². The highest BCUT2D eigenvalue weighted by Gasteiger charge is 2.03. The quantitative estimate of drug-likeness (QED) is 0.781. The molecule has 16 heavy (non-hydrogen) atoms. The first-order chi connectivity index (χ1) is 7.69. The molecule has 0 saturated carbocycles. The lowest BCUT2D eigenvalue weighted by Crippen LogP contribution is -1.92. The van der Waals surface area contributed by atoms with Crippen molar-refractivity contribution < 1.29 is 0 Å². The van der Waals surface area contributed by atoms with E-state index in [9.17, 15) is 0 Å². The number of halogens is 1. The zero-order chi connectivity index (χ0) is 11.5. The molecule has 0 spiro atoms. The van der Waals surface area contributed by atoms with Crippen molar-refractivity contribution >= 4 is 15.9 Å². The van der Waals surface area contributed by atoms with Crippen LogP contribution in [0.25, 0.3) is 11.3 Å². The monoisotopic (exact) mass is 276 g/mol. The number of hydrogen-bond acceptors (Lipinski definition) is 2. The summed E-state index contributed by atoms with van der Waals surface area (Å²) < 4.78 is 0.830. The number of benzene rings is 1. The first kappa shape index (κ1) is 11.3. The van der Waals surface area contributed by atoms with Crippen molar-refractivity contribution in [3.8, 4) is 11.3 Å². The molecule has 0 atom stereocenters. The van der Waals surface area contributed by atoms with Gasteiger partial charge in [-0.1, -0.05) is 25.1 Å². The predicted octanol–water partition coefficient (Wildman–Crippen LogP) is 3.78. The van der Waals surface area contributed by atoms with Gasteiger partial charge in [-0.3, -0.25) is 0 Å². The zero-order valence-corrected chi connectivity index (χ0v) is 11.0. The highest BCUT2D eigenvalue weighted by Crippen LogP contribution is 2.21. The molecule has 0 aliphatic carbocycles. The normalized spacial score (nSPS) is 10.4.